The first-order chi connectivity index (χ1) is 4.22. The van der Waals surface area contributed by atoms with Crippen molar-refractivity contribution in [3.63, 3.8) is 0 Å². The van der Waals surface area contributed by atoms with E-state index >= 15 is 0 Å². The van der Waals surface area contributed by atoms with E-state index in [2.05, 4.69) is 5.32 Å². The third-order valence-electron chi connectivity index (χ3n) is 1.80. The summed E-state index contributed by atoms with van der Waals surface area (Å²) in [6, 6.07) is -0.301. The van der Waals surface area contributed by atoms with Crippen LogP contribution in [0.2, 0.25) is 0 Å². The molecule has 0 aromatic rings. The molecule has 3 heteroatoms. The fraction of sp³-hybridized carbons (Fsp3) is 0.833. The molecular formula is C6H11NO2. The van der Waals surface area contributed by atoms with Gasteiger partial charge < -0.3 is 10.4 Å². The van der Waals surface area contributed by atoms with Crippen molar-refractivity contribution in [2.75, 3.05) is 6.54 Å². The van der Waals surface area contributed by atoms with Gasteiger partial charge in [0.2, 0.25) is 0 Å². The molecule has 0 radical (unpaired) electrons. The van der Waals surface area contributed by atoms with Gasteiger partial charge in [0.15, 0.2) is 0 Å². The normalized spacial score (nSPS) is 34.8. The summed E-state index contributed by atoms with van der Waals surface area (Å²) >= 11 is 0. The molecule has 1 heterocycles. The van der Waals surface area contributed by atoms with Crippen LogP contribution < -0.4 is 5.32 Å². The largest absolute Gasteiger partial charge is 0.480 e. The van der Waals surface area contributed by atoms with Crippen LogP contribution in [0.15, 0.2) is 0 Å². The van der Waals surface area contributed by atoms with Gasteiger partial charge in [-0.15, -0.1) is 0 Å². The van der Waals surface area contributed by atoms with Gasteiger partial charge in [0.25, 0.3) is 0 Å². The fourth-order valence-electron chi connectivity index (χ4n) is 1.17. The third-order valence-corrected chi connectivity index (χ3v) is 1.80. The van der Waals surface area contributed by atoms with E-state index in [0.717, 1.165) is 13.0 Å². The van der Waals surface area contributed by atoms with Crippen molar-refractivity contribution in [3.05, 3.63) is 0 Å². The first-order valence-electron chi connectivity index (χ1n) is 3.18. The van der Waals surface area contributed by atoms with E-state index in [9.17, 15) is 4.79 Å². The molecule has 0 spiro atoms. The number of nitrogens with one attached hydrogen (secondary N) is 1. The van der Waals surface area contributed by atoms with Crippen LogP contribution in [0.4, 0.5) is 0 Å². The summed E-state index contributed by atoms with van der Waals surface area (Å²) < 4.78 is 0. The van der Waals surface area contributed by atoms with Gasteiger partial charge in [0.05, 0.1) is 0 Å². The second-order valence-corrected chi connectivity index (χ2v) is 2.54. The monoisotopic (exact) mass is 129 g/mol. The Kier molecular flexibility index (Phi) is 1.71. The van der Waals surface area contributed by atoms with Crippen LogP contribution in [-0.2, 0) is 4.79 Å². The molecule has 9 heavy (non-hydrogen) atoms. The Morgan fingerprint density at radius 1 is 1.78 bits per heavy atom. The van der Waals surface area contributed by atoms with Crippen molar-refractivity contribution in [1.29, 1.82) is 0 Å². The van der Waals surface area contributed by atoms with E-state index in [4.69, 9.17) is 5.11 Å². The Morgan fingerprint density at radius 2 is 2.44 bits per heavy atom. The molecule has 52 valence electrons. The van der Waals surface area contributed by atoms with Gasteiger partial charge in [-0.1, -0.05) is 6.92 Å². The second kappa shape index (κ2) is 2.35. The van der Waals surface area contributed by atoms with Gasteiger partial charge in [-0.25, -0.2) is 0 Å². The van der Waals surface area contributed by atoms with Crippen LogP contribution in [0.5, 0.6) is 0 Å². The maximum atomic E-state index is 10.3. The maximum Gasteiger partial charge on any atom is 0.320 e. The lowest BCUT2D eigenvalue weighted by molar-refractivity contribution is -0.139. The Hall–Kier alpha value is -0.570. The molecule has 2 atom stereocenters. The lowest BCUT2D eigenvalue weighted by atomic mass is 10.0. The molecule has 0 saturated carbocycles. The minimum Gasteiger partial charge on any atom is -0.480 e. The first-order valence-corrected chi connectivity index (χ1v) is 3.18. The number of carboxylic acid groups (broad SMARTS) is 1. The van der Waals surface area contributed by atoms with E-state index in [0.29, 0.717) is 5.92 Å². The van der Waals surface area contributed by atoms with E-state index in [1.165, 1.54) is 0 Å². The van der Waals surface area contributed by atoms with Crippen LogP contribution in [0.25, 0.3) is 0 Å². The molecule has 0 aromatic carbocycles. The molecule has 1 unspecified atom stereocenters. The first kappa shape index (κ1) is 6.55. The lowest BCUT2D eigenvalue weighted by Crippen LogP contribution is -2.34. The number of aliphatic carboxylic acids is 1. The van der Waals surface area contributed by atoms with Crippen molar-refractivity contribution in [1.82, 2.24) is 5.32 Å². The summed E-state index contributed by atoms with van der Waals surface area (Å²) in [7, 11) is 0. The highest BCUT2D eigenvalue weighted by atomic mass is 16.4. The summed E-state index contributed by atoms with van der Waals surface area (Å²) in [4.78, 5) is 10.3. The van der Waals surface area contributed by atoms with E-state index in [-0.39, 0.29) is 6.04 Å². The molecule has 1 saturated heterocycles. The van der Waals surface area contributed by atoms with Gasteiger partial charge in [0, 0.05) is 0 Å². The fourth-order valence-corrected chi connectivity index (χ4v) is 1.17. The predicted octanol–water partition coefficient (Wildman–Crippen LogP) is 0.0690. The Morgan fingerprint density at radius 3 is 2.67 bits per heavy atom. The van der Waals surface area contributed by atoms with Crippen molar-refractivity contribution in [3.8, 4) is 0 Å². The topological polar surface area (TPSA) is 49.3 Å². The van der Waals surface area contributed by atoms with Crippen LogP contribution in [0.1, 0.15) is 13.3 Å². The quantitative estimate of drug-likeness (QED) is 0.526. The summed E-state index contributed by atoms with van der Waals surface area (Å²) in [6.45, 7) is 2.80. The highest BCUT2D eigenvalue weighted by Crippen LogP contribution is 2.13. The van der Waals surface area contributed by atoms with Crippen LogP contribution in [-0.4, -0.2) is 23.7 Å². The van der Waals surface area contributed by atoms with Crippen molar-refractivity contribution in [2.45, 2.75) is 19.4 Å². The zero-order valence-electron chi connectivity index (χ0n) is 5.42. The number of hydrogen-bond donors (Lipinski definition) is 2. The zero-order valence-corrected chi connectivity index (χ0v) is 5.42. The Bertz CT molecular complexity index is 124. The molecule has 0 aromatic heterocycles. The molecule has 2 N–H and O–H groups in total. The minimum absolute atomic E-state index is 0.294. The molecule has 1 aliphatic rings. The van der Waals surface area contributed by atoms with E-state index < -0.39 is 5.97 Å². The Balaban J connectivity index is 2.49. The third kappa shape index (κ3) is 1.21. The Labute approximate surface area is 54.1 Å². The van der Waals surface area contributed by atoms with Gasteiger partial charge in [0.1, 0.15) is 6.04 Å². The molecule has 0 amide bonds. The predicted molar refractivity (Wildman–Crippen MR) is 33.2 cm³/mol. The van der Waals surface area contributed by atoms with E-state index in [1.54, 1.807) is 0 Å². The van der Waals surface area contributed by atoms with Crippen LogP contribution in [0, 0.1) is 5.92 Å². The minimum atomic E-state index is -0.722. The highest BCUT2D eigenvalue weighted by Gasteiger charge is 2.28. The number of carbonyl (C=O) groups is 1. The summed E-state index contributed by atoms with van der Waals surface area (Å²) in [6.07, 6.45) is 0.983. The van der Waals surface area contributed by atoms with Crippen molar-refractivity contribution >= 4 is 5.97 Å². The second-order valence-electron chi connectivity index (χ2n) is 2.54. The van der Waals surface area contributed by atoms with E-state index in [1.807, 2.05) is 6.92 Å². The molecule has 1 rings (SSSR count). The molecule has 1 fully saturated rings. The molecule has 1 aliphatic heterocycles. The summed E-state index contributed by atoms with van der Waals surface area (Å²) in [5.74, 6) is -0.428. The highest BCUT2D eigenvalue weighted by molar-refractivity contribution is 5.74. The smallest absolute Gasteiger partial charge is 0.320 e. The zero-order chi connectivity index (χ0) is 6.85. The maximum absolute atomic E-state index is 10.3. The number of hydrogen-bond acceptors (Lipinski definition) is 2. The van der Waals surface area contributed by atoms with Gasteiger partial charge >= 0.3 is 5.97 Å². The standard InChI is InChI=1S/C6H11NO2/c1-4-2-3-7-5(4)6(8)9/h4-5,7H,2-3H2,1H3,(H,8,9)/t4-,5?/m1/s1. The van der Waals surface area contributed by atoms with Gasteiger partial charge in [-0.05, 0) is 18.9 Å². The van der Waals surface area contributed by atoms with Crippen LogP contribution in [0.3, 0.4) is 0 Å². The molecular weight excluding hydrogens is 118 g/mol. The van der Waals surface area contributed by atoms with Crippen molar-refractivity contribution in [2.24, 2.45) is 5.92 Å². The molecule has 0 aliphatic carbocycles. The van der Waals surface area contributed by atoms with Gasteiger partial charge in [-0.2, -0.15) is 0 Å². The number of carboxylic acids is 1. The van der Waals surface area contributed by atoms with Crippen LogP contribution >= 0.6 is 0 Å². The average molecular weight is 129 g/mol. The summed E-state index contributed by atoms with van der Waals surface area (Å²) in [5.41, 5.74) is 0. The summed E-state index contributed by atoms with van der Waals surface area (Å²) in [5, 5.41) is 11.4. The van der Waals surface area contributed by atoms with Gasteiger partial charge in [-0.3, -0.25) is 4.79 Å². The lowest BCUT2D eigenvalue weighted by Gasteiger charge is -2.07. The number of rotatable bonds is 1. The van der Waals surface area contributed by atoms with Crippen molar-refractivity contribution < 1.29 is 9.90 Å². The molecule has 0 bridgehead atoms. The SMILES string of the molecule is C[C@@H]1CCNC1C(=O)O. The molecule has 3 nitrogen and oxygen atoms in total. The average Bonchev–Trinajstić information content (AvgIpc) is 2.13.